The van der Waals surface area contributed by atoms with Gasteiger partial charge in [0.15, 0.2) is 5.82 Å². The maximum absolute atomic E-state index is 13.8. The summed E-state index contributed by atoms with van der Waals surface area (Å²) in [5, 5.41) is 0.749. The number of nitrogens with two attached hydrogens (primary N) is 1. The van der Waals surface area contributed by atoms with Crippen molar-refractivity contribution in [3.63, 3.8) is 0 Å². The van der Waals surface area contributed by atoms with Gasteiger partial charge in [-0.15, -0.1) is 0 Å². The highest BCUT2D eigenvalue weighted by Gasteiger charge is 2.31. The van der Waals surface area contributed by atoms with Crippen molar-refractivity contribution in [1.82, 2.24) is 24.8 Å². The Bertz CT molecular complexity index is 1340. The Morgan fingerprint density at radius 2 is 1.83 bits per heavy atom. The Morgan fingerprint density at radius 3 is 2.46 bits per heavy atom. The Morgan fingerprint density at radius 1 is 1.09 bits per heavy atom. The first-order chi connectivity index (χ1) is 16.7. The molecule has 35 heavy (non-hydrogen) atoms. The molecule has 0 saturated heterocycles. The zero-order chi connectivity index (χ0) is 25.2. The average molecular weight is 480 g/mol. The topological polar surface area (TPSA) is 97.9 Å². The van der Waals surface area contributed by atoms with Gasteiger partial charge in [-0.1, -0.05) is 6.92 Å². The minimum atomic E-state index is -4.49. The van der Waals surface area contributed by atoms with E-state index in [4.69, 9.17) is 5.73 Å². The molecule has 4 rings (SSSR count). The molecule has 10 heteroatoms. The summed E-state index contributed by atoms with van der Waals surface area (Å²) in [4.78, 5) is 32.2. The number of pyridine rings is 2. The third-order valence-corrected chi connectivity index (χ3v) is 5.68. The van der Waals surface area contributed by atoms with Crippen molar-refractivity contribution in [3.05, 3.63) is 89.3 Å². The number of fused-ring (bicyclic) bond motifs is 1. The number of carbonyl (C=O) groups is 1. The molecule has 0 bridgehead atoms. The Kier molecular flexibility index (Phi) is 6.63. The van der Waals surface area contributed by atoms with E-state index < -0.39 is 17.8 Å². The zero-order valence-corrected chi connectivity index (χ0v) is 19.1. The van der Waals surface area contributed by atoms with Crippen LogP contribution in [0, 0.1) is 6.92 Å². The first-order valence-electron chi connectivity index (χ1n) is 10.9. The lowest BCUT2D eigenvalue weighted by Gasteiger charge is -2.30. The maximum Gasteiger partial charge on any atom is 0.417 e. The molecule has 1 atom stereocenters. The van der Waals surface area contributed by atoms with Crippen LogP contribution < -0.4 is 5.73 Å². The van der Waals surface area contributed by atoms with Crippen molar-refractivity contribution in [2.75, 3.05) is 5.73 Å². The number of anilines is 1. The van der Waals surface area contributed by atoms with Gasteiger partial charge in [0.05, 0.1) is 29.4 Å². The van der Waals surface area contributed by atoms with Gasteiger partial charge in [0.2, 0.25) is 0 Å². The van der Waals surface area contributed by atoms with E-state index in [1.54, 1.807) is 36.7 Å². The van der Waals surface area contributed by atoms with Gasteiger partial charge in [-0.25, -0.2) is 15.0 Å². The second kappa shape index (κ2) is 9.65. The monoisotopic (exact) mass is 480 g/mol. The number of amides is 1. The number of rotatable bonds is 6. The van der Waals surface area contributed by atoms with E-state index in [2.05, 4.69) is 19.9 Å². The Labute approximate surface area is 199 Å². The third kappa shape index (κ3) is 5.21. The van der Waals surface area contributed by atoms with Crippen molar-refractivity contribution in [3.8, 4) is 0 Å². The van der Waals surface area contributed by atoms with Crippen LogP contribution in [0.1, 0.15) is 52.4 Å². The van der Waals surface area contributed by atoms with E-state index in [1.165, 1.54) is 11.0 Å². The van der Waals surface area contributed by atoms with Gasteiger partial charge in [0.25, 0.3) is 5.91 Å². The predicted molar refractivity (Wildman–Crippen MR) is 125 cm³/mol. The number of hydrogen-bond acceptors (Lipinski definition) is 6. The fourth-order valence-corrected chi connectivity index (χ4v) is 3.80. The van der Waals surface area contributed by atoms with Gasteiger partial charge >= 0.3 is 6.18 Å². The van der Waals surface area contributed by atoms with Crippen molar-refractivity contribution in [2.45, 2.75) is 39.0 Å². The summed E-state index contributed by atoms with van der Waals surface area (Å²) >= 11 is 0. The average Bonchev–Trinajstić information content (AvgIpc) is 2.84. The molecule has 0 saturated carbocycles. The largest absolute Gasteiger partial charge is 0.417 e. The molecule has 0 spiro atoms. The quantitative estimate of drug-likeness (QED) is 0.411. The molecule has 2 N–H and O–H groups in total. The minimum Gasteiger partial charge on any atom is -0.383 e. The number of nitrogen functional groups attached to an aromatic ring is 1. The Hall–Kier alpha value is -4.08. The van der Waals surface area contributed by atoms with Gasteiger partial charge in [-0.05, 0) is 61.4 Å². The molecule has 0 aliphatic carbocycles. The lowest BCUT2D eigenvalue weighted by molar-refractivity contribution is -0.137. The summed E-state index contributed by atoms with van der Waals surface area (Å²) < 4.78 is 38.9. The number of aryl methyl sites for hydroxylation is 1. The molecule has 7 nitrogen and oxygen atoms in total. The van der Waals surface area contributed by atoms with Crippen molar-refractivity contribution >= 4 is 22.6 Å². The number of carbonyl (C=O) groups excluding carboxylic acids is 1. The summed E-state index contributed by atoms with van der Waals surface area (Å²) in [6.07, 6.45) is -0.0721. The van der Waals surface area contributed by atoms with Crippen LogP contribution in [0.5, 0.6) is 0 Å². The van der Waals surface area contributed by atoms with E-state index in [9.17, 15) is 18.0 Å². The lowest BCUT2D eigenvalue weighted by atomic mass is 10.1. The van der Waals surface area contributed by atoms with E-state index >= 15 is 0 Å². The first kappa shape index (κ1) is 24.1. The minimum absolute atomic E-state index is 0.0230. The molecule has 4 aromatic rings. The summed E-state index contributed by atoms with van der Waals surface area (Å²) in [7, 11) is 0. The van der Waals surface area contributed by atoms with Gasteiger partial charge in [0.1, 0.15) is 5.82 Å². The predicted octanol–water partition coefficient (Wildman–Crippen LogP) is 5.12. The molecule has 0 radical (unpaired) electrons. The van der Waals surface area contributed by atoms with Gasteiger partial charge in [-0.3, -0.25) is 9.78 Å². The fourth-order valence-electron chi connectivity index (χ4n) is 3.80. The van der Waals surface area contributed by atoms with E-state index in [1.807, 2.05) is 19.9 Å². The highest BCUT2D eigenvalue weighted by molar-refractivity contribution is 5.98. The van der Waals surface area contributed by atoms with Gasteiger partial charge in [-0.2, -0.15) is 13.2 Å². The van der Waals surface area contributed by atoms with Gasteiger partial charge < -0.3 is 10.6 Å². The number of benzene rings is 1. The number of aromatic nitrogens is 4. The van der Waals surface area contributed by atoms with Crippen LogP contribution in [-0.2, 0) is 12.7 Å². The molecule has 1 unspecified atom stereocenters. The van der Waals surface area contributed by atoms with Crippen LogP contribution in [-0.4, -0.2) is 30.7 Å². The molecule has 0 aliphatic heterocycles. The lowest BCUT2D eigenvalue weighted by Crippen LogP contribution is -2.35. The van der Waals surface area contributed by atoms with Crippen LogP contribution in [0.3, 0.4) is 0 Å². The molecule has 0 aliphatic rings. The number of hydrogen-bond donors (Lipinski definition) is 1. The molecule has 0 fully saturated rings. The fraction of sp³-hybridized carbons (Fsp3) is 0.240. The van der Waals surface area contributed by atoms with E-state index in [0.717, 1.165) is 23.2 Å². The second-order valence-corrected chi connectivity index (χ2v) is 8.10. The van der Waals surface area contributed by atoms with E-state index in [0.29, 0.717) is 34.8 Å². The highest BCUT2D eigenvalue weighted by Crippen LogP contribution is 2.30. The van der Waals surface area contributed by atoms with Crippen molar-refractivity contribution in [1.29, 1.82) is 0 Å². The van der Waals surface area contributed by atoms with Gasteiger partial charge in [0, 0.05) is 29.5 Å². The van der Waals surface area contributed by atoms with Crippen LogP contribution in [0.2, 0.25) is 0 Å². The molecule has 180 valence electrons. The summed E-state index contributed by atoms with van der Waals surface area (Å²) in [5.41, 5.74) is 7.19. The van der Waals surface area contributed by atoms with Crippen LogP contribution in [0.15, 0.2) is 61.1 Å². The molecule has 1 amide bonds. The summed E-state index contributed by atoms with van der Waals surface area (Å²) in [5.74, 6) is 0.516. The summed E-state index contributed by atoms with van der Waals surface area (Å²) in [6, 6.07) is 10.3. The van der Waals surface area contributed by atoms with Crippen LogP contribution >= 0.6 is 0 Å². The number of nitrogens with zero attached hydrogens (tertiary/aromatic N) is 5. The standard InChI is InChI=1S/C25H23F3N6O/c1-3-21(23-30-9-4-10-31-23)34(14-19-7-6-18(13-32-19)25(26,27)28)24(35)16-5-8-20-17(12-16)11-15(2)22(29)33-20/h4-13,21H,3,14H2,1-2H3,(H2,29,33). The second-order valence-electron chi connectivity index (χ2n) is 8.10. The maximum atomic E-state index is 13.8. The molecule has 3 heterocycles. The molecular formula is C25H23F3N6O. The van der Waals surface area contributed by atoms with E-state index in [-0.39, 0.29) is 12.5 Å². The first-order valence-corrected chi connectivity index (χ1v) is 10.9. The molecular weight excluding hydrogens is 457 g/mol. The SMILES string of the molecule is CCC(c1ncccn1)N(Cc1ccc(C(F)(F)F)cn1)C(=O)c1ccc2nc(N)c(C)cc2c1. The van der Waals surface area contributed by atoms with Crippen LogP contribution in [0.25, 0.3) is 10.9 Å². The zero-order valence-electron chi connectivity index (χ0n) is 19.1. The number of halogens is 3. The third-order valence-electron chi connectivity index (χ3n) is 5.68. The highest BCUT2D eigenvalue weighted by atomic mass is 19.4. The molecule has 3 aromatic heterocycles. The normalized spacial score (nSPS) is 12.5. The van der Waals surface area contributed by atoms with Crippen molar-refractivity contribution < 1.29 is 18.0 Å². The summed E-state index contributed by atoms with van der Waals surface area (Å²) in [6.45, 7) is 3.70. The smallest absolute Gasteiger partial charge is 0.383 e. The number of alkyl halides is 3. The molecule has 1 aromatic carbocycles. The van der Waals surface area contributed by atoms with Crippen molar-refractivity contribution in [2.24, 2.45) is 0 Å². The van der Waals surface area contributed by atoms with Crippen LogP contribution in [0.4, 0.5) is 19.0 Å². The Balaban J connectivity index is 1.74.